The maximum absolute atomic E-state index is 12.1. The standard InChI is InChI=1S/C12H22N2OS/c1-12(5-2-3-10(12)13)11(15)14-7-9-4-6-16-8-9/h9-10H,2-8,13H2,1H3,(H,14,15). The van der Waals surface area contributed by atoms with E-state index in [1.165, 1.54) is 17.9 Å². The number of carbonyl (C=O) groups excluding carboxylic acids is 1. The van der Waals surface area contributed by atoms with E-state index in [1.54, 1.807) is 0 Å². The van der Waals surface area contributed by atoms with E-state index in [4.69, 9.17) is 5.73 Å². The second-order valence-electron chi connectivity index (χ2n) is 5.36. The first-order valence-corrected chi connectivity index (χ1v) is 7.40. The number of hydrogen-bond acceptors (Lipinski definition) is 3. The summed E-state index contributed by atoms with van der Waals surface area (Å²) in [5.41, 5.74) is 5.72. The van der Waals surface area contributed by atoms with Gasteiger partial charge in [-0.1, -0.05) is 6.42 Å². The van der Waals surface area contributed by atoms with Gasteiger partial charge in [0, 0.05) is 12.6 Å². The number of carbonyl (C=O) groups is 1. The third-order valence-corrected chi connectivity index (χ3v) is 5.36. The number of amides is 1. The first kappa shape index (κ1) is 12.2. The van der Waals surface area contributed by atoms with Gasteiger partial charge >= 0.3 is 0 Å². The first-order valence-electron chi connectivity index (χ1n) is 6.24. The van der Waals surface area contributed by atoms with Crippen molar-refractivity contribution in [3.63, 3.8) is 0 Å². The molecule has 3 unspecified atom stereocenters. The number of nitrogens with one attached hydrogen (secondary N) is 1. The molecule has 2 rings (SSSR count). The molecule has 3 atom stereocenters. The van der Waals surface area contributed by atoms with Crippen LogP contribution in [0.15, 0.2) is 0 Å². The van der Waals surface area contributed by atoms with Gasteiger partial charge in [-0.2, -0.15) is 11.8 Å². The van der Waals surface area contributed by atoms with Gasteiger partial charge in [0.05, 0.1) is 5.41 Å². The minimum Gasteiger partial charge on any atom is -0.355 e. The number of thioether (sulfide) groups is 1. The van der Waals surface area contributed by atoms with Crippen molar-refractivity contribution in [1.82, 2.24) is 5.32 Å². The van der Waals surface area contributed by atoms with Gasteiger partial charge in [-0.05, 0) is 43.6 Å². The van der Waals surface area contributed by atoms with E-state index in [0.717, 1.165) is 25.8 Å². The largest absolute Gasteiger partial charge is 0.355 e. The van der Waals surface area contributed by atoms with Crippen LogP contribution in [0.1, 0.15) is 32.6 Å². The van der Waals surface area contributed by atoms with Gasteiger partial charge in [-0.15, -0.1) is 0 Å². The molecule has 0 spiro atoms. The van der Waals surface area contributed by atoms with Crippen molar-refractivity contribution in [3.05, 3.63) is 0 Å². The molecule has 0 aromatic rings. The zero-order chi connectivity index (χ0) is 11.6. The van der Waals surface area contributed by atoms with E-state index in [-0.39, 0.29) is 17.4 Å². The summed E-state index contributed by atoms with van der Waals surface area (Å²) in [7, 11) is 0. The Bertz CT molecular complexity index is 266. The van der Waals surface area contributed by atoms with Crippen molar-refractivity contribution in [2.45, 2.75) is 38.6 Å². The molecule has 2 fully saturated rings. The minimum absolute atomic E-state index is 0.0467. The van der Waals surface area contributed by atoms with E-state index < -0.39 is 0 Å². The molecular formula is C12H22N2OS. The molecule has 16 heavy (non-hydrogen) atoms. The van der Waals surface area contributed by atoms with Crippen molar-refractivity contribution in [2.75, 3.05) is 18.1 Å². The molecule has 1 heterocycles. The van der Waals surface area contributed by atoms with Crippen LogP contribution in [-0.4, -0.2) is 30.0 Å². The highest BCUT2D eigenvalue weighted by Crippen LogP contribution is 2.36. The molecule has 1 saturated heterocycles. The van der Waals surface area contributed by atoms with Crippen LogP contribution in [0, 0.1) is 11.3 Å². The molecular weight excluding hydrogens is 220 g/mol. The van der Waals surface area contributed by atoms with Crippen LogP contribution >= 0.6 is 11.8 Å². The summed E-state index contributed by atoms with van der Waals surface area (Å²) in [6, 6.07) is 0.0467. The van der Waals surface area contributed by atoms with Gasteiger partial charge in [0.2, 0.25) is 5.91 Å². The van der Waals surface area contributed by atoms with Gasteiger partial charge in [-0.25, -0.2) is 0 Å². The molecule has 1 saturated carbocycles. The molecule has 0 bridgehead atoms. The molecule has 4 heteroatoms. The van der Waals surface area contributed by atoms with E-state index in [1.807, 2.05) is 18.7 Å². The van der Waals surface area contributed by atoms with Gasteiger partial charge < -0.3 is 11.1 Å². The Balaban J connectivity index is 1.82. The minimum atomic E-state index is -0.314. The molecule has 0 radical (unpaired) electrons. The van der Waals surface area contributed by atoms with Crippen LogP contribution in [0.25, 0.3) is 0 Å². The van der Waals surface area contributed by atoms with Crippen LogP contribution < -0.4 is 11.1 Å². The quantitative estimate of drug-likeness (QED) is 0.786. The highest BCUT2D eigenvalue weighted by Gasteiger charge is 2.42. The van der Waals surface area contributed by atoms with E-state index in [2.05, 4.69) is 5.32 Å². The highest BCUT2D eigenvalue weighted by molar-refractivity contribution is 7.99. The lowest BCUT2D eigenvalue weighted by atomic mass is 9.84. The van der Waals surface area contributed by atoms with E-state index in [9.17, 15) is 4.79 Å². The average molecular weight is 242 g/mol. The van der Waals surface area contributed by atoms with Crippen molar-refractivity contribution in [3.8, 4) is 0 Å². The molecule has 1 aliphatic carbocycles. The summed E-state index contributed by atoms with van der Waals surface area (Å²) in [5, 5.41) is 3.11. The molecule has 3 N–H and O–H groups in total. The fraction of sp³-hybridized carbons (Fsp3) is 0.917. The van der Waals surface area contributed by atoms with Crippen molar-refractivity contribution in [2.24, 2.45) is 17.1 Å². The summed E-state index contributed by atoms with van der Waals surface area (Å²) in [6.45, 7) is 2.86. The molecule has 3 nitrogen and oxygen atoms in total. The van der Waals surface area contributed by atoms with E-state index >= 15 is 0 Å². The third kappa shape index (κ3) is 2.38. The topological polar surface area (TPSA) is 55.1 Å². The van der Waals surface area contributed by atoms with Gasteiger partial charge in [-0.3, -0.25) is 4.79 Å². The Morgan fingerprint density at radius 2 is 2.38 bits per heavy atom. The maximum atomic E-state index is 12.1. The Hall–Kier alpha value is -0.220. The lowest BCUT2D eigenvalue weighted by Crippen LogP contribution is -2.48. The average Bonchev–Trinajstić information content (AvgIpc) is 2.87. The number of rotatable bonds is 3. The fourth-order valence-corrected chi connectivity index (χ4v) is 3.94. The summed E-state index contributed by atoms with van der Waals surface area (Å²) >= 11 is 1.99. The smallest absolute Gasteiger partial charge is 0.227 e. The van der Waals surface area contributed by atoms with Gasteiger partial charge in [0.1, 0.15) is 0 Å². The molecule has 0 aromatic carbocycles. The maximum Gasteiger partial charge on any atom is 0.227 e. The SMILES string of the molecule is CC1(C(=O)NCC2CCSC2)CCCC1N. The fourth-order valence-electron chi connectivity index (χ4n) is 2.66. The van der Waals surface area contributed by atoms with Crippen LogP contribution in [-0.2, 0) is 4.79 Å². The van der Waals surface area contributed by atoms with Crippen LogP contribution in [0.2, 0.25) is 0 Å². The van der Waals surface area contributed by atoms with Crippen LogP contribution in [0.3, 0.4) is 0 Å². The van der Waals surface area contributed by atoms with Crippen molar-refractivity contribution >= 4 is 17.7 Å². The second-order valence-corrected chi connectivity index (χ2v) is 6.51. The molecule has 1 aliphatic heterocycles. The number of nitrogens with two attached hydrogens (primary N) is 1. The summed E-state index contributed by atoms with van der Waals surface area (Å²) in [4.78, 5) is 12.1. The molecule has 2 aliphatic rings. The molecule has 1 amide bonds. The first-order chi connectivity index (χ1) is 7.63. The van der Waals surface area contributed by atoms with Crippen LogP contribution in [0.5, 0.6) is 0 Å². The predicted octanol–water partition coefficient (Wildman–Crippen LogP) is 1.37. The monoisotopic (exact) mass is 242 g/mol. The summed E-state index contributed by atoms with van der Waals surface area (Å²) in [6.07, 6.45) is 4.26. The second kappa shape index (κ2) is 4.96. The van der Waals surface area contributed by atoms with Gasteiger partial charge in [0.15, 0.2) is 0 Å². The Morgan fingerprint density at radius 1 is 1.56 bits per heavy atom. The summed E-state index contributed by atoms with van der Waals surface area (Å²) in [5.74, 6) is 3.30. The van der Waals surface area contributed by atoms with Gasteiger partial charge in [0.25, 0.3) is 0 Å². The zero-order valence-corrected chi connectivity index (χ0v) is 10.8. The zero-order valence-electron chi connectivity index (χ0n) is 10.00. The van der Waals surface area contributed by atoms with Crippen molar-refractivity contribution in [1.29, 1.82) is 0 Å². The normalized spacial score (nSPS) is 38.9. The molecule has 92 valence electrons. The predicted molar refractivity (Wildman–Crippen MR) is 68.4 cm³/mol. The lowest BCUT2D eigenvalue weighted by molar-refractivity contribution is -0.130. The van der Waals surface area contributed by atoms with Crippen molar-refractivity contribution < 1.29 is 4.79 Å². The lowest BCUT2D eigenvalue weighted by Gasteiger charge is -2.28. The Morgan fingerprint density at radius 3 is 2.94 bits per heavy atom. The third-order valence-electron chi connectivity index (χ3n) is 4.12. The van der Waals surface area contributed by atoms with E-state index in [0.29, 0.717) is 5.92 Å². The molecule has 0 aromatic heterocycles. The number of hydrogen-bond donors (Lipinski definition) is 2. The summed E-state index contributed by atoms with van der Waals surface area (Å²) < 4.78 is 0. The Kier molecular flexibility index (Phi) is 3.80. The Labute approximate surface area is 102 Å². The van der Waals surface area contributed by atoms with Crippen LogP contribution in [0.4, 0.5) is 0 Å². The highest BCUT2D eigenvalue weighted by atomic mass is 32.2.